The molecule has 0 N–H and O–H groups in total. The number of hydrogen-bond donors (Lipinski definition) is 0. The Balaban J connectivity index is 1.57. The van der Waals surface area contributed by atoms with E-state index in [1.165, 1.54) is 0 Å². The molecule has 3 aliphatic rings. The Labute approximate surface area is 231 Å². The number of cyclic esters (lactones) is 1. The molecule has 0 saturated carbocycles. The summed E-state index contributed by atoms with van der Waals surface area (Å²) in [6.45, 7) is 0. The van der Waals surface area contributed by atoms with Crippen LogP contribution >= 0.6 is 0 Å². The van der Waals surface area contributed by atoms with Crippen LogP contribution in [-0.4, -0.2) is 35.5 Å². The van der Waals surface area contributed by atoms with Crippen LogP contribution in [0, 0.1) is 17.6 Å². The van der Waals surface area contributed by atoms with Crippen molar-refractivity contribution in [1.82, 2.24) is 4.90 Å². The van der Waals surface area contributed by atoms with Gasteiger partial charge in [0.2, 0.25) is 0 Å². The quantitative estimate of drug-likeness (QED) is 0.324. The molecule has 0 radical (unpaired) electrons. The monoisotopic (exact) mass is 611 g/mol. The first kappa shape index (κ1) is 29.9. The Morgan fingerprint density at radius 2 is 1.52 bits per heavy atom. The average molecular weight is 611 g/mol. The molecule has 2 aromatic rings. The summed E-state index contributed by atoms with van der Waals surface area (Å²) in [5, 5.41) is 0. The summed E-state index contributed by atoms with van der Waals surface area (Å²) in [4.78, 5) is 14.1. The minimum Gasteiger partial charge on any atom is -0.443 e. The van der Waals surface area contributed by atoms with E-state index in [1.807, 2.05) is 0 Å². The van der Waals surface area contributed by atoms with Crippen LogP contribution < -0.4 is 0 Å². The lowest BCUT2D eigenvalue weighted by atomic mass is 9.79. The first-order valence-electron chi connectivity index (χ1n) is 12.7. The van der Waals surface area contributed by atoms with Gasteiger partial charge in [0.1, 0.15) is 17.7 Å². The molecule has 226 valence electrons. The summed E-state index contributed by atoms with van der Waals surface area (Å²) >= 11 is 0. The van der Waals surface area contributed by atoms with E-state index in [-0.39, 0.29) is 36.5 Å². The molecule has 0 bridgehead atoms. The largest absolute Gasteiger partial charge is 0.443 e. The maximum atomic E-state index is 14.8. The smallest absolute Gasteiger partial charge is 0.416 e. The molecule has 5 rings (SSSR count). The second-order valence-corrected chi connectivity index (χ2v) is 10.3. The van der Waals surface area contributed by atoms with Crippen molar-refractivity contribution in [1.29, 1.82) is 0 Å². The van der Waals surface area contributed by atoms with Crippen molar-refractivity contribution in [3.05, 3.63) is 82.5 Å². The number of nitrogens with zero attached hydrogens (tertiary/aromatic N) is 1. The van der Waals surface area contributed by atoms with Crippen molar-refractivity contribution in [3.8, 4) is 11.1 Å². The zero-order valence-electron chi connectivity index (χ0n) is 21.2. The van der Waals surface area contributed by atoms with Gasteiger partial charge in [-0.25, -0.2) is 13.6 Å². The summed E-state index contributed by atoms with van der Waals surface area (Å²) in [7, 11) is 0. The second-order valence-electron chi connectivity index (χ2n) is 10.3. The third-order valence-corrected chi connectivity index (χ3v) is 7.75. The molecule has 0 aromatic heterocycles. The van der Waals surface area contributed by atoms with Gasteiger partial charge in [-0.15, -0.1) is 0 Å². The lowest BCUT2D eigenvalue weighted by Crippen LogP contribution is -2.45. The van der Waals surface area contributed by atoms with Crippen LogP contribution in [0.1, 0.15) is 42.9 Å². The van der Waals surface area contributed by atoms with E-state index in [4.69, 9.17) is 4.74 Å². The van der Waals surface area contributed by atoms with Gasteiger partial charge in [0.05, 0.1) is 23.2 Å². The van der Waals surface area contributed by atoms with Crippen molar-refractivity contribution in [2.45, 2.75) is 62.4 Å². The number of halogens is 11. The first-order chi connectivity index (χ1) is 19.4. The van der Waals surface area contributed by atoms with E-state index < -0.39 is 89.1 Å². The Hall–Kier alpha value is -3.58. The van der Waals surface area contributed by atoms with Gasteiger partial charge >= 0.3 is 24.6 Å². The average Bonchev–Trinajstić information content (AvgIpc) is 3.24. The van der Waals surface area contributed by atoms with Crippen molar-refractivity contribution in [2.75, 3.05) is 0 Å². The summed E-state index contributed by atoms with van der Waals surface area (Å²) in [6.07, 6.45) is -17.8. The zero-order valence-corrected chi connectivity index (χ0v) is 21.2. The molecule has 2 aliphatic heterocycles. The van der Waals surface area contributed by atoms with Crippen LogP contribution in [0.15, 0.2) is 59.7 Å². The van der Waals surface area contributed by atoms with Crippen LogP contribution in [0.2, 0.25) is 0 Å². The van der Waals surface area contributed by atoms with Crippen molar-refractivity contribution in [2.24, 2.45) is 5.92 Å². The number of ether oxygens (including phenoxy) is 1. The molecule has 42 heavy (non-hydrogen) atoms. The highest BCUT2D eigenvalue weighted by Crippen LogP contribution is 2.49. The van der Waals surface area contributed by atoms with Crippen molar-refractivity contribution >= 4 is 6.09 Å². The van der Waals surface area contributed by atoms with E-state index >= 15 is 0 Å². The standard InChI is InChI=1S/C28H20F11NO2/c29-17-5-7-21(30)19(12-17)18-6-4-14(26(31,32)33)11-20(18)22-2-1-3-23-24(42-25(41)40(22)23)13-8-15(27(34,35)36)10-16(9-13)28(37,38)39/h4-8,10-13,22-24H,1-3,9H2/t13?,22-,23-,24+/m0/s1. The maximum absolute atomic E-state index is 14.8. The van der Waals surface area contributed by atoms with Crippen LogP contribution in [-0.2, 0) is 10.9 Å². The number of alkyl halides is 9. The van der Waals surface area contributed by atoms with Crippen molar-refractivity contribution in [3.63, 3.8) is 0 Å². The SMILES string of the molecule is O=C1O[C@H](C2C=C(C(F)(F)F)C=C(C(F)(F)F)C2)[C@@H]2CCC[C@@H](c3cc(C(F)(F)F)ccc3-c3cc(F)ccc3F)N12. The molecule has 2 aromatic carbocycles. The van der Waals surface area contributed by atoms with Gasteiger partial charge in [-0.1, -0.05) is 12.1 Å². The summed E-state index contributed by atoms with van der Waals surface area (Å²) < 4.78 is 156. The molecule has 2 saturated heterocycles. The first-order valence-corrected chi connectivity index (χ1v) is 12.7. The van der Waals surface area contributed by atoms with Crippen molar-refractivity contribution < 1.29 is 57.8 Å². The van der Waals surface area contributed by atoms with E-state index in [0.29, 0.717) is 18.2 Å². The lowest BCUT2D eigenvalue weighted by Gasteiger charge is -2.39. The minimum absolute atomic E-state index is 0.00281. The normalized spacial score (nSPS) is 25.1. The molecule has 2 fully saturated rings. The van der Waals surface area contributed by atoms with Gasteiger partial charge in [0, 0.05) is 17.1 Å². The van der Waals surface area contributed by atoms with Gasteiger partial charge in [0.25, 0.3) is 0 Å². The third-order valence-electron chi connectivity index (χ3n) is 7.75. The van der Waals surface area contributed by atoms with Gasteiger partial charge in [-0.05, 0) is 73.2 Å². The molecule has 0 spiro atoms. The molecular formula is C28H20F11NO2. The predicted octanol–water partition coefficient (Wildman–Crippen LogP) is 9.06. The molecule has 14 heteroatoms. The Morgan fingerprint density at radius 3 is 2.17 bits per heavy atom. The highest BCUT2D eigenvalue weighted by Gasteiger charge is 2.53. The molecule has 4 atom stereocenters. The molecule has 1 amide bonds. The lowest BCUT2D eigenvalue weighted by molar-refractivity contribution is -0.137. The van der Waals surface area contributed by atoms with Crippen LogP contribution in [0.25, 0.3) is 11.1 Å². The van der Waals surface area contributed by atoms with E-state index in [1.54, 1.807) is 0 Å². The number of fused-ring (bicyclic) bond motifs is 1. The molecule has 2 heterocycles. The van der Waals surface area contributed by atoms with E-state index in [2.05, 4.69) is 0 Å². The number of amides is 1. The van der Waals surface area contributed by atoms with Gasteiger partial charge in [-0.2, -0.15) is 39.5 Å². The number of piperidine rings is 1. The van der Waals surface area contributed by atoms with Crippen LogP contribution in [0.5, 0.6) is 0 Å². The van der Waals surface area contributed by atoms with Gasteiger partial charge < -0.3 is 4.74 Å². The van der Waals surface area contributed by atoms with E-state index in [9.17, 15) is 53.1 Å². The number of carbonyl (C=O) groups is 1. The van der Waals surface area contributed by atoms with Gasteiger partial charge in [0.15, 0.2) is 0 Å². The molecule has 1 aliphatic carbocycles. The highest BCUT2D eigenvalue weighted by molar-refractivity contribution is 5.75. The summed E-state index contributed by atoms with van der Waals surface area (Å²) in [5.74, 6) is -3.40. The maximum Gasteiger partial charge on any atom is 0.416 e. The van der Waals surface area contributed by atoms with E-state index in [0.717, 1.165) is 29.2 Å². The highest BCUT2D eigenvalue weighted by atomic mass is 19.4. The zero-order chi connectivity index (χ0) is 30.8. The summed E-state index contributed by atoms with van der Waals surface area (Å²) in [6, 6.07) is 2.29. The summed E-state index contributed by atoms with van der Waals surface area (Å²) in [5.41, 5.74) is -4.96. The number of rotatable bonds is 3. The van der Waals surface area contributed by atoms with Crippen LogP contribution in [0.4, 0.5) is 53.1 Å². The molecular weight excluding hydrogens is 591 g/mol. The molecule has 3 nitrogen and oxygen atoms in total. The number of allylic oxidation sites excluding steroid dienone is 3. The number of benzene rings is 2. The Bertz CT molecular complexity index is 1460. The third kappa shape index (κ3) is 5.59. The topological polar surface area (TPSA) is 29.5 Å². The van der Waals surface area contributed by atoms with Crippen LogP contribution in [0.3, 0.4) is 0 Å². The molecule has 1 unspecified atom stereocenters. The predicted molar refractivity (Wildman–Crippen MR) is 126 cm³/mol. The minimum atomic E-state index is -5.13. The fourth-order valence-corrected chi connectivity index (χ4v) is 5.94. The number of carbonyl (C=O) groups excluding carboxylic acids is 1. The fraction of sp³-hybridized carbons (Fsp3) is 0.393. The Kier molecular flexibility index (Phi) is 7.33. The number of hydrogen-bond acceptors (Lipinski definition) is 2. The fourth-order valence-electron chi connectivity index (χ4n) is 5.94. The van der Waals surface area contributed by atoms with Gasteiger partial charge in [-0.3, -0.25) is 4.90 Å². The Morgan fingerprint density at radius 1 is 0.810 bits per heavy atom. The second kappa shape index (κ2) is 10.3.